The number of amides is 1. The predicted octanol–water partition coefficient (Wildman–Crippen LogP) is 3.94. The first-order valence-corrected chi connectivity index (χ1v) is 10.6. The first kappa shape index (κ1) is 19.4. The molecule has 150 valence electrons. The van der Waals surface area contributed by atoms with Crippen LogP contribution in [0.5, 0.6) is 0 Å². The van der Waals surface area contributed by atoms with E-state index >= 15 is 0 Å². The molecular formula is C22H18N4O3S. The van der Waals surface area contributed by atoms with Crippen molar-refractivity contribution in [2.45, 2.75) is 4.90 Å². The standard InChI is InChI=1S/C22H18N4O3S/c23-22(27)26-21(17-7-3-1-4-8-17)15-20(24-26)16-11-13-18(14-12-16)25-30(28,29)19-9-5-2-6-10-19/h1-15,25H,(H2,23,27). The van der Waals surface area contributed by atoms with Crippen molar-refractivity contribution in [1.82, 2.24) is 9.78 Å². The minimum atomic E-state index is -3.67. The second-order valence-corrected chi connectivity index (χ2v) is 8.21. The average Bonchev–Trinajstić information content (AvgIpc) is 3.21. The molecule has 0 saturated carbocycles. The highest BCUT2D eigenvalue weighted by atomic mass is 32.2. The number of rotatable bonds is 5. The van der Waals surface area contributed by atoms with E-state index < -0.39 is 16.1 Å². The van der Waals surface area contributed by atoms with Gasteiger partial charge >= 0.3 is 6.03 Å². The van der Waals surface area contributed by atoms with E-state index in [0.717, 1.165) is 15.8 Å². The molecule has 0 saturated heterocycles. The Morgan fingerprint density at radius 2 is 1.43 bits per heavy atom. The lowest BCUT2D eigenvalue weighted by molar-refractivity contribution is 0.248. The van der Waals surface area contributed by atoms with Gasteiger partial charge in [0.05, 0.1) is 16.3 Å². The molecule has 0 spiro atoms. The zero-order chi connectivity index (χ0) is 21.1. The van der Waals surface area contributed by atoms with Crippen molar-refractivity contribution < 1.29 is 13.2 Å². The molecule has 0 aliphatic rings. The Hall–Kier alpha value is -3.91. The molecule has 1 aromatic heterocycles. The molecule has 0 atom stereocenters. The fraction of sp³-hybridized carbons (Fsp3) is 0. The number of nitrogens with zero attached hydrogens (tertiary/aromatic N) is 2. The maximum atomic E-state index is 12.5. The molecule has 1 amide bonds. The van der Waals surface area contributed by atoms with Crippen molar-refractivity contribution in [3.63, 3.8) is 0 Å². The molecule has 0 unspecified atom stereocenters. The molecule has 0 aliphatic heterocycles. The summed E-state index contributed by atoms with van der Waals surface area (Å²) in [5.74, 6) is 0. The van der Waals surface area contributed by atoms with E-state index in [2.05, 4.69) is 9.82 Å². The van der Waals surface area contributed by atoms with Gasteiger partial charge in [0.2, 0.25) is 0 Å². The first-order chi connectivity index (χ1) is 14.4. The quantitative estimate of drug-likeness (QED) is 0.512. The van der Waals surface area contributed by atoms with Crippen molar-refractivity contribution in [3.05, 3.63) is 91.0 Å². The molecule has 8 heteroatoms. The lowest BCUT2D eigenvalue weighted by atomic mass is 10.1. The lowest BCUT2D eigenvalue weighted by Crippen LogP contribution is -2.21. The normalized spacial score (nSPS) is 11.2. The minimum absolute atomic E-state index is 0.182. The summed E-state index contributed by atoms with van der Waals surface area (Å²) < 4.78 is 28.6. The number of carbonyl (C=O) groups is 1. The Labute approximate surface area is 173 Å². The van der Waals surface area contributed by atoms with Crippen LogP contribution >= 0.6 is 0 Å². The fourth-order valence-electron chi connectivity index (χ4n) is 3.03. The average molecular weight is 418 g/mol. The van der Waals surface area contributed by atoms with E-state index in [1.54, 1.807) is 48.5 Å². The highest BCUT2D eigenvalue weighted by molar-refractivity contribution is 7.92. The van der Waals surface area contributed by atoms with Crippen molar-refractivity contribution in [3.8, 4) is 22.5 Å². The number of benzene rings is 3. The summed E-state index contributed by atoms with van der Waals surface area (Å²) in [5.41, 5.74) is 8.54. The van der Waals surface area contributed by atoms with E-state index in [0.29, 0.717) is 17.1 Å². The SMILES string of the molecule is NC(=O)n1nc(-c2ccc(NS(=O)(=O)c3ccccc3)cc2)cc1-c1ccccc1. The van der Waals surface area contributed by atoms with Gasteiger partial charge in [-0.25, -0.2) is 13.2 Å². The predicted molar refractivity (Wildman–Crippen MR) is 115 cm³/mol. The monoisotopic (exact) mass is 418 g/mol. The largest absolute Gasteiger partial charge is 0.350 e. The van der Waals surface area contributed by atoms with Crippen LogP contribution in [0.2, 0.25) is 0 Å². The zero-order valence-electron chi connectivity index (χ0n) is 15.8. The maximum absolute atomic E-state index is 12.5. The summed E-state index contributed by atoms with van der Waals surface area (Å²) in [6.07, 6.45) is 0. The summed E-state index contributed by atoms with van der Waals surface area (Å²) in [7, 11) is -3.67. The van der Waals surface area contributed by atoms with Gasteiger partial charge in [-0.15, -0.1) is 0 Å². The van der Waals surface area contributed by atoms with Crippen LogP contribution < -0.4 is 10.5 Å². The summed E-state index contributed by atoms with van der Waals surface area (Å²) in [6.45, 7) is 0. The molecule has 0 radical (unpaired) electrons. The number of nitrogens with two attached hydrogens (primary N) is 1. The molecule has 3 N–H and O–H groups in total. The minimum Gasteiger partial charge on any atom is -0.350 e. The molecule has 0 aliphatic carbocycles. The summed E-state index contributed by atoms with van der Waals surface area (Å²) in [6, 6.07) is 25.3. The Balaban J connectivity index is 1.63. The second kappa shape index (κ2) is 7.84. The summed E-state index contributed by atoms with van der Waals surface area (Å²) in [4.78, 5) is 12.0. The molecule has 30 heavy (non-hydrogen) atoms. The highest BCUT2D eigenvalue weighted by Gasteiger charge is 2.16. The van der Waals surface area contributed by atoms with Gasteiger partial charge < -0.3 is 5.73 Å². The molecule has 3 aromatic carbocycles. The zero-order valence-corrected chi connectivity index (χ0v) is 16.6. The van der Waals surface area contributed by atoms with Crippen LogP contribution in [-0.2, 0) is 10.0 Å². The topological polar surface area (TPSA) is 107 Å². The van der Waals surface area contributed by atoms with Crippen LogP contribution in [0.3, 0.4) is 0 Å². The van der Waals surface area contributed by atoms with E-state index in [9.17, 15) is 13.2 Å². The summed E-state index contributed by atoms with van der Waals surface area (Å²) in [5, 5.41) is 4.31. The third-order valence-electron chi connectivity index (χ3n) is 4.47. The first-order valence-electron chi connectivity index (χ1n) is 9.08. The van der Waals surface area contributed by atoms with Crippen LogP contribution in [0.15, 0.2) is 95.9 Å². The van der Waals surface area contributed by atoms with Gasteiger partial charge in [-0.3, -0.25) is 4.72 Å². The molecule has 1 heterocycles. The molecular weight excluding hydrogens is 400 g/mol. The second-order valence-electron chi connectivity index (χ2n) is 6.53. The van der Waals surface area contributed by atoms with E-state index in [1.807, 2.05) is 30.3 Å². The van der Waals surface area contributed by atoms with Crippen molar-refractivity contribution in [2.75, 3.05) is 4.72 Å². The molecule has 0 fully saturated rings. The van der Waals surface area contributed by atoms with Gasteiger partial charge in [0.15, 0.2) is 0 Å². The van der Waals surface area contributed by atoms with Crippen LogP contribution in [-0.4, -0.2) is 24.2 Å². The third kappa shape index (κ3) is 3.94. The van der Waals surface area contributed by atoms with Crippen LogP contribution in [0.4, 0.5) is 10.5 Å². The Morgan fingerprint density at radius 3 is 2.03 bits per heavy atom. The Bertz CT molecular complexity index is 1280. The molecule has 4 rings (SSSR count). The van der Waals surface area contributed by atoms with E-state index in [4.69, 9.17) is 5.73 Å². The number of hydrogen-bond acceptors (Lipinski definition) is 4. The van der Waals surface area contributed by atoms with Crippen molar-refractivity contribution >= 4 is 21.7 Å². The van der Waals surface area contributed by atoms with Gasteiger partial charge in [-0.2, -0.15) is 9.78 Å². The number of nitrogens with one attached hydrogen (secondary N) is 1. The van der Waals surface area contributed by atoms with Gasteiger partial charge in [0.1, 0.15) is 0 Å². The van der Waals surface area contributed by atoms with Gasteiger partial charge in [0, 0.05) is 16.8 Å². The Kier molecular flexibility index (Phi) is 5.07. The fourth-order valence-corrected chi connectivity index (χ4v) is 4.11. The highest BCUT2D eigenvalue weighted by Crippen LogP contribution is 2.27. The number of aromatic nitrogens is 2. The van der Waals surface area contributed by atoms with Crippen molar-refractivity contribution in [1.29, 1.82) is 0 Å². The van der Waals surface area contributed by atoms with Gasteiger partial charge in [-0.1, -0.05) is 60.7 Å². The molecule has 7 nitrogen and oxygen atoms in total. The molecule has 4 aromatic rings. The lowest BCUT2D eigenvalue weighted by Gasteiger charge is -2.08. The maximum Gasteiger partial charge on any atom is 0.340 e. The molecule has 0 bridgehead atoms. The van der Waals surface area contributed by atoms with E-state index in [-0.39, 0.29) is 4.90 Å². The smallest absolute Gasteiger partial charge is 0.340 e. The number of sulfonamides is 1. The van der Waals surface area contributed by atoms with Gasteiger partial charge in [-0.05, 0) is 30.3 Å². The Morgan fingerprint density at radius 1 is 0.833 bits per heavy atom. The van der Waals surface area contributed by atoms with E-state index in [1.165, 1.54) is 12.1 Å². The number of carbonyl (C=O) groups excluding carboxylic acids is 1. The number of anilines is 1. The third-order valence-corrected chi connectivity index (χ3v) is 5.87. The van der Waals surface area contributed by atoms with Crippen LogP contribution in [0.25, 0.3) is 22.5 Å². The van der Waals surface area contributed by atoms with Crippen molar-refractivity contribution in [2.24, 2.45) is 5.73 Å². The van der Waals surface area contributed by atoms with Gasteiger partial charge in [0.25, 0.3) is 10.0 Å². The number of primary amides is 1. The number of hydrogen-bond donors (Lipinski definition) is 2. The van der Waals surface area contributed by atoms with Crippen LogP contribution in [0.1, 0.15) is 0 Å². The van der Waals surface area contributed by atoms with Crippen LogP contribution in [0, 0.1) is 0 Å². The summed E-state index contributed by atoms with van der Waals surface area (Å²) >= 11 is 0.